The highest BCUT2D eigenvalue weighted by Crippen LogP contribution is 2.33. The van der Waals surface area contributed by atoms with Crippen molar-refractivity contribution >= 4 is 11.6 Å². The van der Waals surface area contributed by atoms with Crippen LogP contribution in [0.3, 0.4) is 0 Å². The minimum atomic E-state index is -0.563. The number of hydrogen-bond acceptors (Lipinski definition) is 5. The van der Waals surface area contributed by atoms with Crippen LogP contribution in [0, 0.1) is 27.4 Å². The summed E-state index contributed by atoms with van der Waals surface area (Å²) < 4.78 is 5.00. The topological polar surface area (TPSA) is 105 Å². The Hall–Kier alpha value is -2.62. The number of nitrogens with zero attached hydrogens (tertiary/aromatic N) is 2. The van der Waals surface area contributed by atoms with Gasteiger partial charge in [0, 0.05) is 6.07 Å². The Morgan fingerprint density at radius 2 is 2.30 bits per heavy atom. The number of carbonyl (C=O) groups excluding carboxylic acids is 1. The molecule has 0 saturated heterocycles. The van der Waals surface area contributed by atoms with Crippen molar-refractivity contribution in [1.82, 2.24) is 5.32 Å². The van der Waals surface area contributed by atoms with E-state index in [4.69, 9.17) is 10.00 Å². The first-order valence-corrected chi connectivity index (χ1v) is 6.09. The van der Waals surface area contributed by atoms with Crippen LogP contribution >= 0.6 is 0 Å². The summed E-state index contributed by atoms with van der Waals surface area (Å²) in [5.41, 5.74) is 0.0245. The number of amides is 1. The molecule has 0 aromatic heterocycles. The van der Waals surface area contributed by atoms with Crippen molar-refractivity contribution in [3.63, 3.8) is 0 Å². The van der Waals surface area contributed by atoms with Gasteiger partial charge in [0.15, 0.2) is 0 Å². The highest BCUT2D eigenvalue weighted by molar-refractivity contribution is 5.97. The normalized spacial score (nSPS) is 15.0. The molecule has 1 amide bonds. The lowest BCUT2D eigenvalue weighted by molar-refractivity contribution is -0.384. The molecule has 0 spiro atoms. The van der Waals surface area contributed by atoms with E-state index in [1.807, 2.05) is 0 Å². The zero-order valence-corrected chi connectivity index (χ0v) is 10.8. The molecule has 7 nitrogen and oxygen atoms in total. The molecule has 1 atom stereocenters. The third-order valence-corrected chi connectivity index (χ3v) is 3.16. The van der Waals surface area contributed by atoms with Gasteiger partial charge < -0.3 is 10.1 Å². The average Bonchev–Trinajstić information content (AvgIpc) is 3.28. The number of hydrogen-bond donors (Lipinski definition) is 1. The molecule has 1 N–H and O–H groups in total. The number of nitro benzene ring substituents is 1. The molecule has 1 saturated carbocycles. The molecule has 1 aliphatic carbocycles. The van der Waals surface area contributed by atoms with E-state index in [9.17, 15) is 14.9 Å². The van der Waals surface area contributed by atoms with Gasteiger partial charge in [-0.1, -0.05) is 0 Å². The van der Waals surface area contributed by atoms with Crippen LogP contribution in [0.2, 0.25) is 0 Å². The number of carbonyl (C=O) groups is 1. The van der Waals surface area contributed by atoms with E-state index in [-0.39, 0.29) is 22.9 Å². The van der Waals surface area contributed by atoms with Crippen LogP contribution in [-0.4, -0.2) is 24.0 Å². The number of benzene rings is 1. The van der Waals surface area contributed by atoms with Crippen molar-refractivity contribution in [2.75, 3.05) is 7.11 Å². The molecular weight excluding hydrogens is 262 g/mol. The van der Waals surface area contributed by atoms with E-state index in [0.29, 0.717) is 0 Å². The summed E-state index contributed by atoms with van der Waals surface area (Å²) in [5, 5.41) is 22.3. The first kappa shape index (κ1) is 13.8. The lowest BCUT2D eigenvalue weighted by Crippen LogP contribution is -2.35. The number of methoxy groups -OCH3 is 1. The van der Waals surface area contributed by atoms with Crippen LogP contribution in [0.15, 0.2) is 18.2 Å². The number of nitro groups is 1. The van der Waals surface area contributed by atoms with Gasteiger partial charge in [-0.25, -0.2) is 0 Å². The molecule has 7 heteroatoms. The highest BCUT2D eigenvalue weighted by Gasteiger charge is 2.33. The van der Waals surface area contributed by atoms with Crippen molar-refractivity contribution in [3.05, 3.63) is 33.9 Å². The number of nitrogens with one attached hydrogen (secondary N) is 1. The summed E-state index contributed by atoms with van der Waals surface area (Å²) >= 11 is 0. The summed E-state index contributed by atoms with van der Waals surface area (Å²) in [5.74, 6) is -0.146. The summed E-state index contributed by atoms with van der Waals surface area (Å²) in [7, 11) is 1.33. The molecule has 1 aliphatic rings. The van der Waals surface area contributed by atoms with Gasteiger partial charge in [-0.2, -0.15) is 5.26 Å². The zero-order chi connectivity index (χ0) is 14.7. The first-order chi connectivity index (χ1) is 9.56. The summed E-state index contributed by atoms with van der Waals surface area (Å²) in [6.45, 7) is 0. The van der Waals surface area contributed by atoms with Crippen molar-refractivity contribution in [2.24, 2.45) is 5.92 Å². The van der Waals surface area contributed by atoms with Crippen LogP contribution in [0.25, 0.3) is 0 Å². The third-order valence-electron chi connectivity index (χ3n) is 3.16. The fourth-order valence-electron chi connectivity index (χ4n) is 1.89. The van der Waals surface area contributed by atoms with E-state index in [1.54, 1.807) is 0 Å². The second kappa shape index (κ2) is 5.57. The van der Waals surface area contributed by atoms with Gasteiger partial charge in [0.2, 0.25) is 0 Å². The van der Waals surface area contributed by atoms with Crippen LogP contribution in [-0.2, 0) is 0 Å². The van der Waals surface area contributed by atoms with E-state index in [0.717, 1.165) is 12.8 Å². The Morgan fingerprint density at radius 3 is 2.80 bits per heavy atom. The number of rotatable bonds is 5. The van der Waals surface area contributed by atoms with Gasteiger partial charge in [-0.15, -0.1) is 0 Å². The van der Waals surface area contributed by atoms with Crippen molar-refractivity contribution in [3.8, 4) is 11.8 Å². The molecule has 2 rings (SSSR count). The molecule has 1 aromatic carbocycles. The third kappa shape index (κ3) is 2.85. The second-order valence-corrected chi connectivity index (χ2v) is 4.56. The quantitative estimate of drug-likeness (QED) is 0.649. The minimum absolute atomic E-state index is 0.115. The van der Waals surface area contributed by atoms with E-state index in [1.165, 1.54) is 25.3 Å². The Kier molecular flexibility index (Phi) is 3.84. The van der Waals surface area contributed by atoms with Crippen LogP contribution in [0.1, 0.15) is 23.2 Å². The smallest absolute Gasteiger partial charge is 0.273 e. The maximum absolute atomic E-state index is 12.1. The van der Waals surface area contributed by atoms with Crippen molar-refractivity contribution in [1.29, 1.82) is 5.26 Å². The molecule has 0 heterocycles. The van der Waals surface area contributed by atoms with Crippen molar-refractivity contribution < 1.29 is 14.5 Å². The number of nitriles is 1. The van der Waals surface area contributed by atoms with Gasteiger partial charge in [0.05, 0.1) is 29.7 Å². The first-order valence-electron chi connectivity index (χ1n) is 6.09. The lowest BCUT2D eigenvalue weighted by Gasteiger charge is -2.12. The Labute approximate surface area is 115 Å². The summed E-state index contributed by atoms with van der Waals surface area (Å²) in [6.07, 6.45) is 1.85. The zero-order valence-electron chi connectivity index (χ0n) is 10.8. The van der Waals surface area contributed by atoms with Crippen LogP contribution in [0.4, 0.5) is 5.69 Å². The Bertz CT molecular complexity index is 590. The Morgan fingerprint density at radius 1 is 1.60 bits per heavy atom. The number of ether oxygens (including phenoxy) is 1. The van der Waals surface area contributed by atoms with Crippen LogP contribution < -0.4 is 10.1 Å². The van der Waals surface area contributed by atoms with E-state index < -0.39 is 16.9 Å². The molecular formula is C13H13N3O4. The number of non-ortho nitro benzene ring substituents is 1. The second-order valence-electron chi connectivity index (χ2n) is 4.56. The van der Waals surface area contributed by atoms with E-state index in [2.05, 4.69) is 11.4 Å². The molecule has 1 aromatic rings. The van der Waals surface area contributed by atoms with E-state index >= 15 is 0 Å². The van der Waals surface area contributed by atoms with Crippen molar-refractivity contribution in [2.45, 2.75) is 18.9 Å². The van der Waals surface area contributed by atoms with Gasteiger partial charge in [-0.05, 0) is 24.8 Å². The molecule has 20 heavy (non-hydrogen) atoms. The van der Waals surface area contributed by atoms with Crippen LogP contribution in [0.5, 0.6) is 5.75 Å². The molecule has 0 radical (unpaired) electrons. The maximum Gasteiger partial charge on any atom is 0.273 e. The predicted octanol–water partition coefficient (Wildman–Crippen LogP) is 1.64. The summed E-state index contributed by atoms with van der Waals surface area (Å²) in [6, 6.07) is 5.27. The fourth-order valence-corrected chi connectivity index (χ4v) is 1.89. The lowest BCUT2D eigenvalue weighted by atomic mass is 10.1. The minimum Gasteiger partial charge on any atom is -0.496 e. The van der Waals surface area contributed by atoms with Gasteiger partial charge in [-0.3, -0.25) is 14.9 Å². The molecule has 104 valence electrons. The standard InChI is InChI=1S/C13H13N3O4/c1-20-12-6-9(16(18)19)4-5-10(12)13(17)15-11(7-14)8-2-3-8/h4-6,8,11H,2-3H2,1H3,(H,15,17). The molecule has 0 aliphatic heterocycles. The fraction of sp³-hybridized carbons (Fsp3) is 0.385. The monoisotopic (exact) mass is 275 g/mol. The highest BCUT2D eigenvalue weighted by atomic mass is 16.6. The average molecular weight is 275 g/mol. The predicted molar refractivity (Wildman–Crippen MR) is 69.2 cm³/mol. The SMILES string of the molecule is COc1cc([N+](=O)[O-])ccc1C(=O)NC(C#N)C1CC1. The molecule has 1 fully saturated rings. The molecule has 0 bridgehead atoms. The van der Waals surface area contributed by atoms with Gasteiger partial charge >= 0.3 is 0 Å². The summed E-state index contributed by atoms with van der Waals surface area (Å²) in [4.78, 5) is 22.2. The van der Waals surface area contributed by atoms with Gasteiger partial charge in [0.25, 0.3) is 11.6 Å². The largest absolute Gasteiger partial charge is 0.496 e. The van der Waals surface area contributed by atoms with Gasteiger partial charge in [0.1, 0.15) is 11.8 Å². The molecule has 1 unspecified atom stereocenters. The maximum atomic E-state index is 12.1. The Balaban J connectivity index is 2.20.